The van der Waals surface area contributed by atoms with E-state index in [1.165, 1.54) is 11.1 Å². The third kappa shape index (κ3) is 9.96. The molecule has 0 atom stereocenters. The molecule has 0 fully saturated rings. The van der Waals surface area contributed by atoms with Crippen molar-refractivity contribution in [2.45, 2.75) is 52.6 Å². The van der Waals surface area contributed by atoms with Gasteiger partial charge in [-0.15, -0.1) is 0 Å². The van der Waals surface area contributed by atoms with E-state index in [4.69, 9.17) is 0 Å². The van der Waals surface area contributed by atoms with Crippen LogP contribution in [-0.4, -0.2) is 25.2 Å². The van der Waals surface area contributed by atoms with E-state index in [0.717, 1.165) is 36.8 Å². The number of aryl methyl sites for hydroxylation is 2. The summed E-state index contributed by atoms with van der Waals surface area (Å²) >= 11 is 0. The van der Waals surface area contributed by atoms with Gasteiger partial charge in [-0.3, -0.25) is 0 Å². The number of rotatable bonds is 11. The molecule has 0 aliphatic carbocycles. The van der Waals surface area contributed by atoms with Crippen LogP contribution in [-0.2, 0) is 13.1 Å². The lowest BCUT2D eigenvalue weighted by Crippen LogP contribution is -2.35. The Morgan fingerprint density at radius 2 is 0.933 bits per heavy atom. The number of unbranched alkanes of at least 4 members (excludes halogenated alkanes) is 3. The first-order chi connectivity index (χ1) is 14.5. The van der Waals surface area contributed by atoms with Crippen LogP contribution in [0.1, 0.15) is 47.9 Å². The summed E-state index contributed by atoms with van der Waals surface area (Å²) in [5.74, 6) is 0. The van der Waals surface area contributed by atoms with Gasteiger partial charge in [0.25, 0.3) is 0 Å². The van der Waals surface area contributed by atoms with Gasteiger partial charge >= 0.3 is 12.1 Å². The number of hydrogen-bond acceptors (Lipinski definition) is 2. The van der Waals surface area contributed by atoms with Gasteiger partial charge < -0.3 is 21.3 Å². The third-order valence-corrected chi connectivity index (χ3v) is 4.82. The fourth-order valence-electron chi connectivity index (χ4n) is 2.91. The van der Waals surface area contributed by atoms with Crippen molar-refractivity contribution in [3.8, 4) is 0 Å². The van der Waals surface area contributed by atoms with E-state index >= 15 is 0 Å². The van der Waals surface area contributed by atoms with Crippen LogP contribution >= 0.6 is 0 Å². The molecular formula is C24H34N4O2. The molecule has 0 aliphatic heterocycles. The van der Waals surface area contributed by atoms with Gasteiger partial charge in [-0.1, -0.05) is 72.5 Å². The minimum atomic E-state index is -0.137. The van der Waals surface area contributed by atoms with E-state index in [1.807, 2.05) is 62.4 Å². The molecule has 2 aromatic carbocycles. The fourth-order valence-corrected chi connectivity index (χ4v) is 2.91. The monoisotopic (exact) mass is 410 g/mol. The minimum Gasteiger partial charge on any atom is -0.338 e. The van der Waals surface area contributed by atoms with Crippen molar-refractivity contribution in [2.24, 2.45) is 0 Å². The van der Waals surface area contributed by atoms with Crippen LogP contribution in [0.3, 0.4) is 0 Å². The third-order valence-electron chi connectivity index (χ3n) is 4.82. The van der Waals surface area contributed by atoms with Crippen molar-refractivity contribution >= 4 is 12.1 Å². The number of benzene rings is 2. The zero-order chi connectivity index (χ0) is 21.6. The molecule has 0 aliphatic rings. The topological polar surface area (TPSA) is 82.3 Å². The summed E-state index contributed by atoms with van der Waals surface area (Å²) in [5, 5.41) is 11.5. The molecule has 0 saturated heterocycles. The summed E-state index contributed by atoms with van der Waals surface area (Å²) in [4.78, 5) is 23.6. The number of carbonyl (C=O) groups excluding carboxylic acids is 2. The molecule has 2 aromatic rings. The zero-order valence-corrected chi connectivity index (χ0v) is 18.1. The number of carbonyl (C=O) groups is 2. The zero-order valence-electron chi connectivity index (χ0n) is 18.1. The summed E-state index contributed by atoms with van der Waals surface area (Å²) in [6, 6.07) is 16.0. The Morgan fingerprint density at radius 3 is 1.30 bits per heavy atom. The molecule has 0 radical (unpaired) electrons. The molecule has 4 amide bonds. The van der Waals surface area contributed by atoms with Crippen LogP contribution in [0.25, 0.3) is 0 Å². The van der Waals surface area contributed by atoms with Crippen LogP contribution in [0.4, 0.5) is 9.59 Å². The van der Waals surface area contributed by atoms with Gasteiger partial charge in [0, 0.05) is 26.2 Å². The highest BCUT2D eigenvalue weighted by Crippen LogP contribution is 2.03. The normalized spacial score (nSPS) is 10.3. The minimum absolute atomic E-state index is 0.137. The predicted octanol–water partition coefficient (Wildman–Crippen LogP) is 4.16. The highest BCUT2D eigenvalue weighted by molar-refractivity contribution is 5.74. The first-order valence-corrected chi connectivity index (χ1v) is 10.7. The second-order valence-corrected chi connectivity index (χ2v) is 7.60. The van der Waals surface area contributed by atoms with Crippen molar-refractivity contribution in [2.75, 3.05) is 13.1 Å². The standard InChI is InChI=1S/C24H34N4O2/c1-19-7-11-21(12-8-19)17-27-23(29)25-15-5-3-4-6-16-26-24(30)28-18-22-13-9-20(2)10-14-22/h7-14H,3-6,15-18H2,1-2H3,(H2,25,27,29)(H2,26,28,30). The Bertz CT molecular complexity index is 705. The maximum Gasteiger partial charge on any atom is 0.315 e. The molecule has 30 heavy (non-hydrogen) atoms. The molecule has 0 bridgehead atoms. The van der Waals surface area contributed by atoms with Crippen LogP contribution in [0.2, 0.25) is 0 Å². The summed E-state index contributed by atoms with van der Waals surface area (Å²) < 4.78 is 0. The van der Waals surface area contributed by atoms with E-state index in [0.29, 0.717) is 26.2 Å². The summed E-state index contributed by atoms with van der Waals surface area (Å²) in [7, 11) is 0. The summed E-state index contributed by atoms with van der Waals surface area (Å²) in [5.41, 5.74) is 4.60. The first kappa shape index (κ1) is 23.3. The lowest BCUT2D eigenvalue weighted by Gasteiger charge is -2.09. The molecule has 4 N–H and O–H groups in total. The quantitative estimate of drug-likeness (QED) is 0.420. The largest absolute Gasteiger partial charge is 0.338 e. The van der Waals surface area contributed by atoms with Gasteiger partial charge in [0.15, 0.2) is 0 Å². The van der Waals surface area contributed by atoms with Crippen LogP contribution in [0.15, 0.2) is 48.5 Å². The fraction of sp³-hybridized carbons (Fsp3) is 0.417. The molecule has 2 rings (SSSR count). The molecular weight excluding hydrogens is 376 g/mol. The lowest BCUT2D eigenvalue weighted by atomic mass is 10.1. The molecule has 6 nitrogen and oxygen atoms in total. The molecule has 162 valence electrons. The lowest BCUT2D eigenvalue weighted by molar-refractivity contribution is 0.239. The van der Waals surface area contributed by atoms with Crippen LogP contribution in [0.5, 0.6) is 0 Å². The Hall–Kier alpha value is -3.02. The van der Waals surface area contributed by atoms with Gasteiger partial charge in [0.05, 0.1) is 0 Å². The number of hydrogen-bond donors (Lipinski definition) is 4. The summed E-state index contributed by atoms with van der Waals surface area (Å²) in [6.07, 6.45) is 3.89. The van der Waals surface area contributed by atoms with Gasteiger partial charge in [0.2, 0.25) is 0 Å². The van der Waals surface area contributed by atoms with E-state index in [9.17, 15) is 9.59 Å². The van der Waals surface area contributed by atoms with Crippen molar-refractivity contribution in [3.63, 3.8) is 0 Å². The summed E-state index contributed by atoms with van der Waals surface area (Å²) in [6.45, 7) is 6.46. The van der Waals surface area contributed by atoms with Gasteiger partial charge in [0.1, 0.15) is 0 Å². The Kier molecular flexibility index (Phi) is 10.3. The predicted molar refractivity (Wildman–Crippen MR) is 121 cm³/mol. The highest BCUT2D eigenvalue weighted by atomic mass is 16.2. The van der Waals surface area contributed by atoms with Gasteiger partial charge in [-0.05, 0) is 37.8 Å². The number of nitrogens with one attached hydrogen (secondary N) is 4. The molecule has 0 spiro atoms. The number of urea groups is 2. The second-order valence-electron chi connectivity index (χ2n) is 7.60. The van der Waals surface area contributed by atoms with Gasteiger partial charge in [-0.2, -0.15) is 0 Å². The molecule has 0 unspecified atom stereocenters. The smallest absolute Gasteiger partial charge is 0.315 e. The van der Waals surface area contributed by atoms with E-state index < -0.39 is 0 Å². The molecule has 0 aromatic heterocycles. The average Bonchev–Trinajstić information content (AvgIpc) is 2.74. The van der Waals surface area contributed by atoms with Crippen molar-refractivity contribution in [1.82, 2.24) is 21.3 Å². The SMILES string of the molecule is Cc1ccc(CNC(=O)NCCCCCCNC(=O)NCc2ccc(C)cc2)cc1. The maximum atomic E-state index is 11.8. The highest BCUT2D eigenvalue weighted by Gasteiger charge is 2.01. The Labute approximate surface area is 179 Å². The Morgan fingerprint density at radius 1 is 0.567 bits per heavy atom. The van der Waals surface area contributed by atoms with Crippen molar-refractivity contribution in [3.05, 3.63) is 70.8 Å². The van der Waals surface area contributed by atoms with Gasteiger partial charge in [-0.25, -0.2) is 9.59 Å². The maximum absolute atomic E-state index is 11.8. The van der Waals surface area contributed by atoms with Crippen LogP contribution in [0, 0.1) is 13.8 Å². The van der Waals surface area contributed by atoms with E-state index in [2.05, 4.69) is 21.3 Å². The van der Waals surface area contributed by atoms with Crippen molar-refractivity contribution < 1.29 is 9.59 Å². The van der Waals surface area contributed by atoms with Crippen molar-refractivity contribution in [1.29, 1.82) is 0 Å². The van der Waals surface area contributed by atoms with E-state index in [1.54, 1.807) is 0 Å². The van der Waals surface area contributed by atoms with E-state index in [-0.39, 0.29) is 12.1 Å². The second kappa shape index (κ2) is 13.2. The number of amides is 4. The van der Waals surface area contributed by atoms with Crippen LogP contribution < -0.4 is 21.3 Å². The molecule has 0 heterocycles. The molecule has 0 saturated carbocycles. The first-order valence-electron chi connectivity index (χ1n) is 10.7. The molecule has 6 heteroatoms. The average molecular weight is 411 g/mol. The Balaban J connectivity index is 1.41.